The Labute approximate surface area is 190 Å². The number of fused-ring (bicyclic) bond motifs is 1. The predicted octanol–water partition coefficient (Wildman–Crippen LogP) is 2.70. The Bertz CT molecular complexity index is 1180. The summed E-state index contributed by atoms with van der Waals surface area (Å²) in [4.78, 5) is 54.6. The summed E-state index contributed by atoms with van der Waals surface area (Å²) in [7, 11) is 2.33. The Morgan fingerprint density at radius 3 is 2.00 bits per heavy atom. The van der Waals surface area contributed by atoms with Crippen molar-refractivity contribution in [3.05, 3.63) is 58.1 Å². The molecule has 0 bridgehead atoms. The Morgan fingerprint density at radius 1 is 0.909 bits per heavy atom. The molecule has 0 fully saturated rings. The molecule has 1 aliphatic rings. The highest BCUT2D eigenvalue weighted by atomic mass is 16.6. The van der Waals surface area contributed by atoms with Crippen LogP contribution in [0.3, 0.4) is 0 Å². The molecule has 33 heavy (non-hydrogen) atoms. The Balaban J connectivity index is 1.97. The average molecular weight is 454 g/mol. The van der Waals surface area contributed by atoms with Crippen LogP contribution in [0.25, 0.3) is 10.9 Å². The van der Waals surface area contributed by atoms with E-state index in [1.54, 1.807) is 26.8 Å². The summed E-state index contributed by atoms with van der Waals surface area (Å²) in [5.41, 5.74) is 2.33. The second-order valence-corrected chi connectivity index (χ2v) is 7.73. The molecule has 0 aliphatic carbocycles. The first-order chi connectivity index (χ1) is 15.6. The molecule has 9 heteroatoms. The van der Waals surface area contributed by atoms with Gasteiger partial charge in [0.25, 0.3) is 0 Å². The molecule has 0 saturated carbocycles. The molecule has 0 saturated heterocycles. The number of Topliss-reactive ketones (excluding diaryl/α,β-unsaturated/α-hetero) is 1. The number of hydrogen-bond acceptors (Lipinski definition) is 8. The molecule has 1 aliphatic heterocycles. The van der Waals surface area contributed by atoms with Crippen LogP contribution in [0.2, 0.25) is 0 Å². The van der Waals surface area contributed by atoms with Crippen molar-refractivity contribution in [1.82, 2.24) is 10.3 Å². The minimum atomic E-state index is -1.41. The largest absolute Gasteiger partial charge is 0.466 e. The summed E-state index contributed by atoms with van der Waals surface area (Å²) in [6.45, 7) is 6.37. The van der Waals surface area contributed by atoms with Gasteiger partial charge in [-0.05, 0) is 33.8 Å². The average Bonchev–Trinajstić information content (AvgIpc) is 3.12. The number of carbonyl (C=O) groups is 4. The summed E-state index contributed by atoms with van der Waals surface area (Å²) in [5, 5.41) is 3.61. The molecule has 2 heterocycles. The number of dihydropyridines is 1. The summed E-state index contributed by atoms with van der Waals surface area (Å²) in [6, 6.07) is 7.30. The van der Waals surface area contributed by atoms with Gasteiger partial charge in [0.15, 0.2) is 6.10 Å². The molecule has 2 N–H and O–H groups in total. The molecule has 9 nitrogen and oxygen atoms in total. The van der Waals surface area contributed by atoms with Crippen molar-refractivity contribution in [2.24, 2.45) is 5.92 Å². The number of hydrogen-bond donors (Lipinski definition) is 2. The van der Waals surface area contributed by atoms with E-state index in [2.05, 4.69) is 10.3 Å². The lowest BCUT2D eigenvalue weighted by molar-refractivity contribution is -0.153. The van der Waals surface area contributed by atoms with Crippen molar-refractivity contribution in [2.45, 2.75) is 33.8 Å². The van der Waals surface area contributed by atoms with Crippen molar-refractivity contribution >= 4 is 34.6 Å². The van der Waals surface area contributed by atoms with Crippen LogP contribution in [-0.4, -0.2) is 49.0 Å². The van der Waals surface area contributed by atoms with Gasteiger partial charge in [-0.25, -0.2) is 9.59 Å². The number of carbonyl (C=O) groups excluding carboxylic acids is 4. The van der Waals surface area contributed by atoms with E-state index in [-0.39, 0.29) is 11.1 Å². The SMILES string of the molecule is COC(=O)C1=C(C)NC(C)=C(C(=O)OC)C1C(=O)O[C@@H](C)C(=O)c1c(C)[nH]c2ccccc12. The maximum absolute atomic E-state index is 13.3. The number of benzene rings is 1. The fraction of sp³-hybridized carbons (Fsp3) is 0.333. The summed E-state index contributed by atoms with van der Waals surface area (Å²) >= 11 is 0. The predicted molar refractivity (Wildman–Crippen MR) is 119 cm³/mol. The Hall–Kier alpha value is -3.88. The monoisotopic (exact) mass is 454 g/mol. The van der Waals surface area contributed by atoms with E-state index >= 15 is 0 Å². The van der Waals surface area contributed by atoms with Crippen LogP contribution < -0.4 is 5.32 Å². The minimum Gasteiger partial charge on any atom is -0.466 e. The van der Waals surface area contributed by atoms with Crippen LogP contribution in [0.5, 0.6) is 0 Å². The molecule has 3 rings (SSSR count). The quantitative estimate of drug-likeness (QED) is 0.388. The second kappa shape index (κ2) is 9.32. The Kier molecular flexibility index (Phi) is 6.71. The van der Waals surface area contributed by atoms with Gasteiger partial charge in [-0.15, -0.1) is 0 Å². The van der Waals surface area contributed by atoms with Gasteiger partial charge in [-0.1, -0.05) is 18.2 Å². The number of nitrogens with one attached hydrogen (secondary N) is 2. The van der Waals surface area contributed by atoms with Crippen LogP contribution in [0.4, 0.5) is 0 Å². The minimum absolute atomic E-state index is 0.0866. The van der Waals surface area contributed by atoms with Gasteiger partial charge < -0.3 is 24.5 Å². The molecular formula is C24H26N2O7. The molecular weight excluding hydrogens is 428 g/mol. The van der Waals surface area contributed by atoms with Crippen LogP contribution >= 0.6 is 0 Å². The third-order valence-corrected chi connectivity index (χ3v) is 5.61. The molecule has 1 aromatic heterocycles. The number of rotatable bonds is 6. The van der Waals surface area contributed by atoms with Gasteiger partial charge in [0.1, 0.15) is 5.92 Å². The van der Waals surface area contributed by atoms with Crippen molar-refractivity contribution in [3.63, 3.8) is 0 Å². The van der Waals surface area contributed by atoms with Gasteiger partial charge in [-0.3, -0.25) is 9.59 Å². The maximum atomic E-state index is 13.3. The number of ketones is 1. The third kappa shape index (κ3) is 4.26. The number of aromatic nitrogens is 1. The molecule has 1 aromatic carbocycles. The van der Waals surface area contributed by atoms with E-state index in [4.69, 9.17) is 14.2 Å². The topological polar surface area (TPSA) is 124 Å². The molecule has 174 valence electrons. The van der Waals surface area contributed by atoms with E-state index < -0.39 is 35.7 Å². The number of ether oxygens (including phenoxy) is 3. The van der Waals surface area contributed by atoms with Crippen LogP contribution in [0.1, 0.15) is 36.8 Å². The third-order valence-electron chi connectivity index (χ3n) is 5.61. The van der Waals surface area contributed by atoms with Crippen LogP contribution in [0, 0.1) is 12.8 Å². The van der Waals surface area contributed by atoms with E-state index in [0.717, 1.165) is 5.52 Å². The zero-order chi connectivity index (χ0) is 24.4. The molecule has 0 radical (unpaired) electrons. The fourth-order valence-corrected chi connectivity index (χ4v) is 4.08. The van der Waals surface area contributed by atoms with Crippen molar-refractivity contribution < 1.29 is 33.4 Å². The van der Waals surface area contributed by atoms with E-state index in [9.17, 15) is 19.2 Å². The first-order valence-corrected chi connectivity index (χ1v) is 10.3. The van der Waals surface area contributed by atoms with E-state index in [0.29, 0.717) is 28.0 Å². The lowest BCUT2D eigenvalue weighted by Crippen LogP contribution is -2.39. The zero-order valence-corrected chi connectivity index (χ0v) is 19.3. The number of para-hydroxylation sites is 1. The molecule has 2 aromatic rings. The first-order valence-electron chi connectivity index (χ1n) is 10.3. The number of esters is 3. The number of H-pyrrole nitrogens is 1. The summed E-state index contributed by atoms with van der Waals surface area (Å²) < 4.78 is 15.2. The molecule has 0 spiro atoms. The first kappa shape index (κ1) is 23.8. The van der Waals surface area contributed by atoms with E-state index in [1.165, 1.54) is 21.1 Å². The van der Waals surface area contributed by atoms with Crippen molar-refractivity contribution in [2.75, 3.05) is 14.2 Å². The smallest absolute Gasteiger partial charge is 0.336 e. The molecule has 0 amide bonds. The zero-order valence-electron chi connectivity index (χ0n) is 19.3. The number of methoxy groups -OCH3 is 2. The van der Waals surface area contributed by atoms with Crippen molar-refractivity contribution in [1.29, 1.82) is 0 Å². The van der Waals surface area contributed by atoms with Gasteiger partial charge >= 0.3 is 17.9 Å². The number of aryl methyl sites for hydroxylation is 1. The lowest BCUT2D eigenvalue weighted by Gasteiger charge is -2.29. The molecule has 0 unspecified atom stereocenters. The lowest BCUT2D eigenvalue weighted by atomic mass is 9.85. The number of allylic oxidation sites excluding steroid dienone is 2. The normalized spacial score (nSPS) is 15.2. The summed E-state index contributed by atoms with van der Waals surface area (Å²) in [5.74, 6) is -4.36. The van der Waals surface area contributed by atoms with Gasteiger partial charge in [-0.2, -0.15) is 0 Å². The summed E-state index contributed by atoms with van der Waals surface area (Å²) in [6.07, 6.45) is -1.18. The highest BCUT2D eigenvalue weighted by molar-refractivity contribution is 6.12. The highest BCUT2D eigenvalue weighted by Gasteiger charge is 2.43. The fourth-order valence-electron chi connectivity index (χ4n) is 4.08. The van der Waals surface area contributed by atoms with Crippen LogP contribution in [0.15, 0.2) is 46.8 Å². The van der Waals surface area contributed by atoms with Gasteiger partial charge in [0.2, 0.25) is 5.78 Å². The van der Waals surface area contributed by atoms with Crippen molar-refractivity contribution in [3.8, 4) is 0 Å². The van der Waals surface area contributed by atoms with Crippen LogP contribution in [-0.2, 0) is 28.6 Å². The highest BCUT2D eigenvalue weighted by Crippen LogP contribution is 2.33. The standard InChI is InChI=1S/C24H26N2O7/c1-11-17(15-9-7-8-10-16(15)26-11)21(27)14(4)33-24(30)20-18(22(28)31-5)12(2)25-13(3)19(20)23(29)32-6/h7-10,14,20,25-26H,1-6H3/t14-/m0/s1. The van der Waals surface area contributed by atoms with Gasteiger partial charge in [0.05, 0.1) is 25.4 Å². The molecule has 1 atom stereocenters. The van der Waals surface area contributed by atoms with Gasteiger partial charge in [0, 0.05) is 33.6 Å². The Morgan fingerprint density at radius 2 is 1.45 bits per heavy atom. The van der Waals surface area contributed by atoms with E-state index in [1.807, 2.05) is 18.2 Å². The number of aromatic amines is 1. The maximum Gasteiger partial charge on any atom is 0.336 e. The second-order valence-electron chi connectivity index (χ2n) is 7.73.